The molecule has 8 nitrogen and oxygen atoms in total. The zero-order valence-electron chi connectivity index (χ0n) is 17.5. The number of methoxy groups -OCH3 is 2. The Morgan fingerprint density at radius 2 is 1.69 bits per heavy atom. The van der Waals surface area contributed by atoms with E-state index in [-0.39, 0.29) is 0 Å². The molecule has 4 aromatic rings. The first-order chi connectivity index (χ1) is 15.5. The van der Waals surface area contributed by atoms with Crippen LogP contribution in [0.3, 0.4) is 0 Å². The molecule has 1 heterocycles. The molecular formula is C24H21N3O5. The first kappa shape index (κ1) is 21.1. The number of esters is 1. The number of amides is 1. The molecule has 4 rings (SSSR count). The molecular weight excluding hydrogens is 410 g/mol. The summed E-state index contributed by atoms with van der Waals surface area (Å²) < 4.78 is 9.52. The van der Waals surface area contributed by atoms with Gasteiger partial charge in [-0.2, -0.15) is 0 Å². The van der Waals surface area contributed by atoms with Crippen molar-refractivity contribution in [2.24, 2.45) is 0 Å². The number of aliphatic hydroxyl groups excluding tert-OH is 1. The summed E-state index contributed by atoms with van der Waals surface area (Å²) in [6.07, 6.45) is -1.71. The van der Waals surface area contributed by atoms with Gasteiger partial charge in [0.1, 0.15) is 0 Å². The van der Waals surface area contributed by atoms with Crippen LogP contribution in [0.5, 0.6) is 0 Å². The van der Waals surface area contributed by atoms with Crippen molar-refractivity contribution in [3.63, 3.8) is 0 Å². The molecule has 0 aliphatic carbocycles. The molecule has 0 fully saturated rings. The lowest BCUT2D eigenvalue weighted by molar-refractivity contribution is 0.0602. The minimum Gasteiger partial charge on any atom is -0.465 e. The van der Waals surface area contributed by atoms with Gasteiger partial charge in [0.2, 0.25) is 0 Å². The number of carbonyl (C=O) groups is 2. The summed E-state index contributed by atoms with van der Waals surface area (Å²) in [5, 5.41) is 18.1. The highest BCUT2D eigenvalue weighted by Gasteiger charge is 2.18. The van der Waals surface area contributed by atoms with Crippen molar-refractivity contribution in [1.82, 2.24) is 4.98 Å². The van der Waals surface area contributed by atoms with Gasteiger partial charge in [0, 0.05) is 22.0 Å². The third kappa shape index (κ3) is 4.03. The molecule has 1 aromatic heterocycles. The summed E-state index contributed by atoms with van der Waals surface area (Å²) >= 11 is 0. The highest BCUT2D eigenvalue weighted by Crippen LogP contribution is 2.34. The monoisotopic (exact) mass is 431 g/mol. The Hall–Kier alpha value is -4.17. The van der Waals surface area contributed by atoms with E-state index in [9.17, 15) is 14.7 Å². The second kappa shape index (κ2) is 8.91. The fourth-order valence-corrected chi connectivity index (χ4v) is 3.52. The Morgan fingerprint density at radius 1 is 0.938 bits per heavy atom. The normalized spacial score (nSPS) is 11.7. The lowest BCUT2D eigenvalue weighted by Crippen LogP contribution is -2.14. The van der Waals surface area contributed by atoms with E-state index in [0.717, 1.165) is 5.39 Å². The van der Waals surface area contributed by atoms with Crippen LogP contribution in [0.25, 0.3) is 21.8 Å². The van der Waals surface area contributed by atoms with Crippen LogP contribution >= 0.6 is 0 Å². The molecule has 0 radical (unpaired) electrons. The number of pyridine rings is 1. The smallest absolute Gasteiger partial charge is 0.411 e. The molecule has 32 heavy (non-hydrogen) atoms. The molecule has 0 saturated heterocycles. The van der Waals surface area contributed by atoms with Crippen LogP contribution in [0.15, 0.2) is 66.7 Å². The maximum Gasteiger partial charge on any atom is 0.411 e. The molecule has 3 aromatic carbocycles. The number of rotatable bonds is 5. The zero-order valence-corrected chi connectivity index (χ0v) is 17.5. The van der Waals surface area contributed by atoms with Crippen LogP contribution in [-0.4, -0.2) is 36.4 Å². The number of carbonyl (C=O) groups excluding carboxylic acids is 2. The molecule has 0 aliphatic heterocycles. The topological polar surface area (TPSA) is 110 Å². The fraction of sp³-hybridized carbons (Fsp3) is 0.125. The summed E-state index contributed by atoms with van der Waals surface area (Å²) in [7, 11) is 2.60. The van der Waals surface area contributed by atoms with E-state index in [0.29, 0.717) is 38.9 Å². The van der Waals surface area contributed by atoms with Crippen molar-refractivity contribution >= 4 is 45.2 Å². The van der Waals surface area contributed by atoms with Gasteiger partial charge in [0.15, 0.2) is 6.23 Å². The molecule has 162 valence electrons. The molecule has 1 atom stereocenters. The lowest BCUT2D eigenvalue weighted by Gasteiger charge is -2.19. The average Bonchev–Trinajstić information content (AvgIpc) is 2.83. The summed E-state index contributed by atoms with van der Waals surface area (Å²) in [5.41, 5.74) is 3.08. The number of benzene rings is 3. The number of hydrogen-bond donors (Lipinski definition) is 3. The number of para-hydroxylation sites is 2. The van der Waals surface area contributed by atoms with E-state index in [1.807, 2.05) is 30.3 Å². The number of ether oxygens (including phenoxy) is 2. The van der Waals surface area contributed by atoms with Gasteiger partial charge in [-0.3, -0.25) is 5.32 Å². The van der Waals surface area contributed by atoms with Gasteiger partial charge in [0.05, 0.1) is 36.5 Å². The number of nitrogens with zero attached hydrogens (tertiary/aromatic N) is 1. The first-order valence-electron chi connectivity index (χ1n) is 9.81. The Kier molecular flexibility index (Phi) is 5.87. The van der Waals surface area contributed by atoms with E-state index < -0.39 is 18.3 Å². The summed E-state index contributed by atoms with van der Waals surface area (Å²) in [6, 6.07) is 19.4. The Bertz CT molecular complexity index is 1320. The average molecular weight is 431 g/mol. The third-order valence-electron chi connectivity index (χ3n) is 5.03. The second-order valence-corrected chi connectivity index (χ2v) is 6.99. The Balaban J connectivity index is 1.80. The number of hydrogen-bond acceptors (Lipinski definition) is 7. The van der Waals surface area contributed by atoms with Crippen LogP contribution < -0.4 is 10.6 Å². The van der Waals surface area contributed by atoms with E-state index in [1.165, 1.54) is 14.2 Å². The van der Waals surface area contributed by atoms with Crippen molar-refractivity contribution in [3.05, 3.63) is 77.9 Å². The zero-order chi connectivity index (χ0) is 22.7. The van der Waals surface area contributed by atoms with Gasteiger partial charge < -0.3 is 19.9 Å². The van der Waals surface area contributed by atoms with Crippen molar-refractivity contribution in [3.8, 4) is 0 Å². The highest BCUT2D eigenvalue weighted by molar-refractivity contribution is 6.13. The number of nitrogens with one attached hydrogen (secondary N) is 2. The van der Waals surface area contributed by atoms with Crippen LogP contribution in [0, 0.1) is 0 Å². The molecule has 1 amide bonds. The van der Waals surface area contributed by atoms with Crippen LogP contribution in [0.1, 0.15) is 22.1 Å². The maximum atomic E-state index is 12.3. The van der Waals surface area contributed by atoms with Crippen molar-refractivity contribution < 1.29 is 24.2 Å². The molecule has 1 unspecified atom stereocenters. The minimum absolute atomic E-state index is 0.331. The SMILES string of the molecule is COC(=O)Nc1cccc(C(O)Nc2c3ccccc3nc3c(C(=O)OC)cccc23)c1. The summed E-state index contributed by atoms with van der Waals surface area (Å²) in [5.74, 6) is -0.494. The third-order valence-corrected chi connectivity index (χ3v) is 5.03. The minimum atomic E-state index is -1.11. The highest BCUT2D eigenvalue weighted by atomic mass is 16.5. The van der Waals surface area contributed by atoms with Gasteiger partial charge in [-0.15, -0.1) is 0 Å². The number of anilines is 2. The van der Waals surface area contributed by atoms with Gasteiger partial charge in [-0.1, -0.05) is 42.5 Å². The fourth-order valence-electron chi connectivity index (χ4n) is 3.52. The van der Waals surface area contributed by atoms with Gasteiger partial charge in [-0.05, 0) is 24.3 Å². The standard InChI is InChI=1S/C24H21N3O5/c1-31-23(29)18-11-6-10-17-20(16-9-3-4-12-19(16)26-21(17)18)27-22(28)14-7-5-8-15(13-14)25-24(30)32-2/h3-13,22,28H,1-2H3,(H,25,30)(H,26,27). The van der Waals surface area contributed by atoms with Crippen molar-refractivity contribution in [2.45, 2.75) is 6.23 Å². The Morgan fingerprint density at radius 3 is 2.47 bits per heavy atom. The van der Waals surface area contributed by atoms with Gasteiger partial charge in [0.25, 0.3) is 0 Å². The van der Waals surface area contributed by atoms with E-state index in [1.54, 1.807) is 36.4 Å². The number of fused-ring (bicyclic) bond motifs is 2. The largest absolute Gasteiger partial charge is 0.465 e. The summed E-state index contributed by atoms with van der Waals surface area (Å²) in [6.45, 7) is 0. The van der Waals surface area contributed by atoms with E-state index in [2.05, 4.69) is 20.4 Å². The molecule has 3 N–H and O–H groups in total. The number of aromatic nitrogens is 1. The maximum absolute atomic E-state index is 12.3. The van der Waals surface area contributed by atoms with Crippen LogP contribution in [0.2, 0.25) is 0 Å². The Labute approximate surface area is 183 Å². The van der Waals surface area contributed by atoms with Gasteiger partial charge in [-0.25, -0.2) is 14.6 Å². The summed E-state index contributed by atoms with van der Waals surface area (Å²) in [4.78, 5) is 28.5. The molecule has 0 aliphatic rings. The number of aliphatic hydroxyl groups is 1. The van der Waals surface area contributed by atoms with Crippen LogP contribution in [-0.2, 0) is 9.47 Å². The lowest BCUT2D eigenvalue weighted by atomic mass is 10.0. The molecule has 8 heteroatoms. The molecule has 0 bridgehead atoms. The second-order valence-electron chi connectivity index (χ2n) is 6.99. The van der Waals surface area contributed by atoms with Crippen molar-refractivity contribution in [1.29, 1.82) is 0 Å². The van der Waals surface area contributed by atoms with Crippen LogP contribution in [0.4, 0.5) is 16.2 Å². The van der Waals surface area contributed by atoms with E-state index in [4.69, 9.17) is 4.74 Å². The quantitative estimate of drug-likeness (QED) is 0.243. The van der Waals surface area contributed by atoms with Gasteiger partial charge >= 0.3 is 12.1 Å². The molecule has 0 saturated carbocycles. The van der Waals surface area contributed by atoms with Crippen molar-refractivity contribution in [2.75, 3.05) is 24.9 Å². The first-order valence-corrected chi connectivity index (χ1v) is 9.81. The van der Waals surface area contributed by atoms with E-state index >= 15 is 0 Å². The predicted molar refractivity (Wildman–Crippen MR) is 122 cm³/mol. The predicted octanol–water partition coefficient (Wildman–Crippen LogP) is 4.46. The molecule has 0 spiro atoms.